The van der Waals surface area contributed by atoms with Gasteiger partial charge in [0.1, 0.15) is 23.7 Å². The second-order valence-corrected chi connectivity index (χ2v) is 5.23. The highest BCUT2D eigenvalue weighted by molar-refractivity contribution is 5.91. The topological polar surface area (TPSA) is 73.0 Å². The van der Waals surface area contributed by atoms with Crippen LogP contribution in [0, 0.1) is 6.92 Å². The molecule has 0 spiro atoms. The fourth-order valence-electron chi connectivity index (χ4n) is 2.15. The van der Waals surface area contributed by atoms with E-state index in [1.807, 2.05) is 23.6 Å². The molecule has 6 nitrogen and oxygen atoms in total. The SMILES string of the molecule is Cc1ccc(/C=C/C(=O)NCCn2cnnc2C2CC2)o1. The number of aromatic nitrogens is 3. The minimum Gasteiger partial charge on any atom is -0.462 e. The lowest BCUT2D eigenvalue weighted by Crippen LogP contribution is -2.25. The molecular weight excluding hydrogens is 268 g/mol. The lowest BCUT2D eigenvalue weighted by Gasteiger charge is -2.05. The van der Waals surface area contributed by atoms with Crippen LogP contribution >= 0.6 is 0 Å². The van der Waals surface area contributed by atoms with Crippen molar-refractivity contribution in [1.29, 1.82) is 0 Å². The molecule has 0 aromatic carbocycles. The van der Waals surface area contributed by atoms with Crippen LogP contribution in [0.15, 0.2) is 29.0 Å². The Kier molecular flexibility index (Phi) is 3.85. The first-order valence-corrected chi connectivity index (χ1v) is 7.12. The fourth-order valence-corrected chi connectivity index (χ4v) is 2.15. The van der Waals surface area contributed by atoms with Gasteiger partial charge in [-0.25, -0.2) is 0 Å². The number of nitrogens with one attached hydrogen (secondary N) is 1. The number of carbonyl (C=O) groups excluding carboxylic acids is 1. The third-order valence-corrected chi connectivity index (χ3v) is 3.40. The van der Waals surface area contributed by atoms with Crippen molar-refractivity contribution in [2.45, 2.75) is 32.2 Å². The summed E-state index contributed by atoms with van der Waals surface area (Å²) in [6.07, 6.45) is 7.25. The van der Waals surface area contributed by atoms with E-state index in [-0.39, 0.29) is 5.91 Å². The van der Waals surface area contributed by atoms with E-state index in [1.54, 1.807) is 12.4 Å². The lowest BCUT2D eigenvalue weighted by molar-refractivity contribution is -0.116. The Bertz CT molecular complexity index is 652. The molecule has 1 fully saturated rings. The standard InChI is InChI=1S/C15H18N4O2/c1-11-2-5-13(21-11)6-7-14(20)16-8-9-19-10-17-18-15(19)12-3-4-12/h2,5-7,10,12H,3-4,8-9H2,1H3,(H,16,20)/b7-6+. The predicted octanol–water partition coefficient (Wildman–Crippen LogP) is 1.89. The molecule has 1 aliphatic carbocycles. The summed E-state index contributed by atoms with van der Waals surface area (Å²) >= 11 is 0. The molecule has 0 atom stereocenters. The van der Waals surface area contributed by atoms with Crippen molar-refractivity contribution >= 4 is 12.0 Å². The van der Waals surface area contributed by atoms with E-state index in [2.05, 4.69) is 15.5 Å². The molecule has 0 radical (unpaired) electrons. The van der Waals surface area contributed by atoms with E-state index >= 15 is 0 Å². The van der Waals surface area contributed by atoms with Crippen molar-refractivity contribution in [1.82, 2.24) is 20.1 Å². The summed E-state index contributed by atoms with van der Waals surface area (Å²) in [6.45, 7) is 3.12. The van der Waals surface area contributed by atoms with Gasteiger partial charge in [-0.05, 0) is 38.0 Å². The Morgan fingerprint density at radius 3 is 3.10 bits per heavy atom. The first kappa shape index (κ1) is 13.6. The molecule has 0 saturated heterocycles. The maximum Gasteiger partial charge on any atom is 0.244 e. The Morgan fingerprint density at radius 1 is 1.52 bits per heavy atom. The number of amides is 1. The van der Waals surface area contributed by atoms with Gasteiger partial charge >= 0.3 is 0 Å². The minimum atomic E-state index is -0.134. The predicted molar refractivity (Wildman–Crippen MR) is 77.5 cm³/mol. The Morgan fingerprint density at radius 2 is 2.38 bits per heavy atom. The first-order valence-electron chi connectivity index (χ1n) is 7.12. The van der Waals surface area contributed by atoms with Crippen LogP contribution in [0.3, 0.4) is 0 Å². The number of aryl methyl sites for hydroxylation is 1. The van der Waals surface area contributed by atoms with Crippen LogP contribution in [-0.2, 0) is 11.3 Å². The summed E-state index contributed by atoms with van der Waals surface area (Å²) in [4.78, 5) is 11.7. The minimum absolute atomic E-state index is 0.134. The summed E-state index contributed by atoms with van der Waals surface area (Å²) in [5, 5.41) is 10.9. The molecule has 1 N–H and O–H groups in total. The number of hydrogen-bond acceptors (Lipinski definition) is 4. The van der Waals surface area contributed by atoms with Crippen LogP contribution in [0.1, 0.15) is 36.1 Å². The molecule has 3 rings (SSSR count). The van der Waals surface area contributed by atoms with Gasteiger partial charge in [-0.1, -0.05) is 0 Å². The van der Waals surface area contributed by atoms with Crippen LogP contribution in [0.5, 0.6) is 0 Å². The zero-order valence-corrected chi connectivity index (χ0v) is 12.0. The van der Waals surface area contributed by atoms with Crippen molar-refractivity contribution in [3.8, 4) is 0 Å². The largest absolute Gasteiger partial charge is 0.462 e. The van der Waals surface area contributed by atoms with Crippen molar-refractivity contribution in [2.75, 3.05) is 6.54 Å². The second-order valence-electron chi connectivity index (χ2n) is 5.23. The average Bonchev–Trinajstić information content (AvgIpc) is 3.06. The quantitative estimate of drug-likeness (QED) is 0.823. The van der Waals surface area contributed by atoms with E-state index in [4.69, 9.17) is 4.42 Å². The highest BCUT2D eigenvalue weighted by atomic mass is 16.3. The number of nitrogens with zero attached hydrogens (tertiary/aromatic N) is 3. The number of hydrogen-bond donors (Lipinski definition) is 1. The van der Waals surface area contributed by atoms with Gasteiger partial charge in [-0.2, -0.15) is 0 Å². The smallest absolute Gasteiger partial charge is 0.244 e. The van der Waals surface area contributed by atoms with Gasteiger partial charge in [0, 0.05) is 25.1 Å². The lowest BCUT2D eigenvalue weighted by atomic mass is 10.3. The molecule has 1 aliphatic rings. The van der Waals surface area contributed by atoms with E-state index in [9.17, 15) is 4.79 Å². The van der Waals surface area contributed by atoms with Crippen LogP contribution in [0.25, 0.3) is 6.08 Å². The third-order valence-electron chi connectivity index (χ3n) is 3.40. The summed E-state index contributed by atoms with van der Waals surface area (Å²) in [6, 6.07) is 3.70. The van der Waals surface area contributed by atoms with Crippen molar-refractivity contribution < 1.29 is 9.21 Å². The molecule has 0 bridgehead atoms. The highest BCUT2D eigenvalue weighted by Gasteiger charge is 2.28. The monoisotopic (exact) mass is 286 g/mol. The van der Waals surface area contributed by atoms with Gasteiger partial charge in [-0.3, -0.25) is 4.79 Å². The Labute approximate surface area is 122 Å². The molecule has 2 aromatic heterocycles. The van der Waals surface area contributed by atoms with Gasteiger partial charge in [0.2, 0.25) is 5.91 Å². The highest BCUT2D eigenvalue weighted by Crippen LogP contribution is 2.38. The molecule has 1 amide bonds. The summed E-state index contributed by atoms with van der Waals surface area (Å²) in [5.41, 5.74) is 0. The fraction of sp³-hybridized carbons (Fsp3) is 0.400. The van der Waals surface area contributed by atoms with Crippen molar-refractivity contribution in [3.05, 3.63) is 41.9 Å². The Balaban J connectivity index is 1.45. The summed E-state index contributed by atoms with van der Waals surface area (Å²) < 4.78 is 7.37. The van der Waals surface area contributed by atoms with Crippen molar-refractivity contribution in [3.63, 3.8) is 0 Å². The van der Waals surface area contributed by atoms with Gasteiger partial charge < -0.3 is 14.3 Å². The van der Waals surface area contributed by atoms with E-state index in [1.165, 1.54) is 18.9 Å². The molecule has 6 heteroatoms. The Hall–Kier alpha value is -2.37. The summed E-state index contributed by atoms with van der Waals surface area (Å²) in [7, 11) is 0. The van der Waals surface area contributed by atoms with Gasteiger partial charge in [0.15, 0.2) is 0 Å². The van der Waals surface area contributed by atoms with Gasteiger partial charge in [0.05, 0.1) is 0 Å². The van der Waals surface area contributed by atoms with Crippen LogP contribution in [-0.4, -0.2) is 27.2 Å². The van der Waals surface area contributed by atoms with Gasteiger partial charge in [0.25, 0.3) is 0 Å². The molecule has 21 heavy (non-hydrogen) atoms. The average molecular weight is 286 g/mol. The molecule has 2 aromatic rings. The van der Waals surface area contributed by atoms with E-state index in [0.717, 1.165) is 11.6 Å². The van der Waals surface area contributed by atoms with Crippen molar-refractivity contribution in [2.24, 2.45) is 0 Å². The molecular formula is C15H18N4O2. The molecule has 110 valence electrons. The maximum atomic E-state index is 11.7. The second kappa shape index (κ2) is 5.95. The van der Waals surface area contributed by atoms with Crippen LogP contribution in [0.4, 0.5) is 0 Å². The third kappa shape index (κ3) is 3.59. The maximum absolute atomic E-state index is 11.7. The van der Waals surface area contributed by atoms with Gasteiger partial charge in [-0.15, -0.1) is 10.2 Å². The number of carbonyl (C=O) groups is 1. The number of furan rings is 1. The van der Waals surface area contributed by atoms with Crippen LogP contribution < -0.4 is 5.32 Å². The molecule has 2 heterocycles. The number of rotatable bonds is 6. The summed E-state index contributed by atoms with van der Waals surface area (Å²) in [5.74, 6) is 2.97. The van der Waals surface area contributed by atoms with Crippen LogP contribution in [0.2, 0.25) is 0 Å². The molecule has 1 saturated carbocycles. The zero-order chi connectivity index (χ0) is 14.7. The normalized spacial score (nSPS) is 14.7. The molecule has 0 unspecified atom stereocenters. The molecule has 0 aliphatic heterocycles. The first-order chi connectivity index (χ1) is 10.2. The van der Waals surface area contributed by atoms with E-state index < -0.39 is 0 Å². The van der Waals surface area contributed by atoms with E-state index in [0.29, 0.717) is 24.8 Å². The zero-order valence-electron chi connectivity index (χ0n) is 12.0.